The van der Waals surface area contributed by atoms with Crippen LogP contribution in [0.5, 0.6) is 0 Å². The van der Waals surface area contributed by atoms with Crippen LogP contribution in [-0.2, 0) is 18.1 Å². The van der Waals surface area contributed by atoms with E-state index in [2.05, 4.69) is 11.9 Å². The molecule has 0 aromatic carbocycles. The first kappa shape index (κ1) is 20.3. The van der Waals surface area contributed by atoms with Crippen molar-refractivity contribution in [3.63, 3.8) is 0 Å². The number of carbonyl (C=O) groups is 1. The maximum absolute atomic E-state index is 11.6. The minimum Gasteiger partial charge on any atom is -0.371 e. The topological polar surface area (TPSA) is 56.8 Å². The summed E-state index contributed by atoms with van der Waals surface area (Å²) in [6.07, 6.45) is 0.0167. The Kier molecular flexibility index (Phi) is 9.04. The predicted molar refractivity (Wildman–Crippen MR) is 87.0 cm³/mol. The molecule has 0 saturated carbocycles. The minimum absolute atomic E-state index is 0.00556. The number of nitrogens with one attached hydrogen (secondary N) is 1. The zero-order chi connectivity index (χ0) is 16.6. The van der Waals surface area contributed by atoms with Gasteiger partial charge in [-0.3, -0.25) is 4.79 Å². The van der Waals surface area contributed by atoms with Gasteiger partial charge in [-0.05, 0) is 48.5 Å². The SMILES string of the molecule is C=C(C)C(=O)NCC[Si](OC(C)C)(OC(C)C)OC(C)C. The Morgan fingerprint density at radius 1 is 1.00 bits per heavy atom. The fourth-order valence-electron chi connectivity index (χ4n) is 1.82. The Morgan fingerprint density at radius 2 is 1.38 bits per heavy atom. The maximum Gasteiger partial charge on any atom is 0.503 e. The first-order valence-electron chi connectivity index (χ1n) is 7.55. The highest BCUT2D eigenvalue weighted by molar-refractivity contribution is 6.61. The van der Waals surface area contributed by atoms with Gasteiger partial charge < -0.3 is 18.6 Å². The van der Waals surface area contributed by atoms with E-state index in [-0.39, 0.29) is 24.2 Å². The molecule has 0 aromatic heterocycles. The molecule has 0 rings (SSSR count). The summed E-state index contributed by atoms with van der Waals surface area (Å²) in [6, 6.07) is 0.542. The zero-order valence-corrected chi connectivity index (χ0v) is 15.5. The summed E-state index contributed by atoms with van der Waals surface area (Å²) in [5.74, 6) is -0.156. The highest BCUT2D eigenvalue weighted by Crippen LogP contribution is 2.21. The van der Waals surface area contributed by atoms with Gasteiger partial charge in [0.15, 0.2) is 0 Å². The van der Waals surface area contributed by atoms with Gasteiger partial charge in [-0.1, -0.05) is 6.58 Å². The lowest BCUT2D eigenvalue weighted by atomic mass is 10.3. The molecule has 0 aliphatic rings. The summed E-state index contributed by atoms with van der Waals surface area (Å²) in [4.78, 5) is 11.6. The van der Waals surface area contributed by atoms with Crippen LogP contribution < -0.4 is 5.32 Å². The Hall–Kier alpha value is -0.693. The average molecular weight is 318 g/mol. The molecule has 0 spiro atoms. The molecule has 0 aliphatic carbocycles. The smallest absolute Gasteiger partial charge is 0.371 e. The van der Waals surface area contributed by atoms with Gasteiger partial charge in [0.1, 0.15) is 0 Å². The van der Waals surface area contributed by atoms with E-state index in [9.17, 15) is 4.79 Å². The van der Waals surface area contributed by atoms with Crippen LogP contribution >= 0.6 is 0 Å². The summed E-state index contributed by atoms with van der Waals surface area (Å²) >= 11 is 0. The van der Waals surface area contributed by atoms with Gasteiger partial charge in [-0.15, -0.1) is 0 Å². The molecule has 0 radical (unpaired) electrons. The Balaban J connectivity index is 4.88. The number of hydrogen-bond donors (Lipinski definition) is 1. The first-order chi connectivity index (χ1) is 9.58. The molecule has 0 aromatic rings. The van der Waals surface area contributed by atoms with E-state index in [1.165, 1.54) is 0 Å². The largest absolute Gasteiger partial charge is 0.503 e. The van der Waals surface area contributed by atoms with Crippen molar-refractivity contribution in [1.82, 2.24) is 5.32 Å². The molecular weight excluding hydrogens is 286 g/mol. The number of rotatable bonds is 10. The second kappa shape index (κ2) is 9.35. The van der Waals surface area contributed by atoms with Gasteiger partial charge >= 0.3 is 8.80 Å². The highest BCUT2D eigenvalue weighted by Gasteiger charge is 2.43. The summed E-state index contributed by atoms with van der Waals surface area (Å²) in [5, 5.41) is 2.81. The van der Waals surface area contributed by atoms with E-state index in [1.54, 1.807) is 6.92 Å². The second-order valence-electron chi connectivity index (χ2n) is 5.97. The lowest BCUT2D eigenvalue weighted by Gasteiger charge is -2.34. The van der Waals surface area contributed by atoms with Gasteiger partial charge in [0.2, 0.25) is 5.91 Å². The normalized spacial score (nSPS) is 12.3. The quantitative estimate of drug-likeness (QED) is 0.497. The lowest BCUT2D eigenvalue weighted by Crippen LogP contribution is -2.52. The number of hydrogen-bond acceptors (Lipinski definition) is 4. The monoisotopic (exact) mass is 317 g/mol. The zero-order valence-electron chi connectivity index (χ0n) is 14.5. The molecule has 0 aliphatic heterocycles. The molecule has 0 bridgehead atoms. The molecule has 0 saturated heterocycles. The number of carbonyl (C=O) groups excluding carboxylic acids is 1. The average Bonchev–Trinajstić information content (AvgIpc) is 2.24. The second-order valence-corrected chi connectivity index (χ2v) is 8.54. The molecule has 21 heavy (non-hydrogen) atoms. The fraction of sp³-hybridized carbons (Fsp3) is 0.800. The van der Waals surface area contributed by atoms with Crippen molar-refractivity contribution in [2.24, 2.45) is 0 Å². The molecule has 5 nitrogen and oxygen atoms in total. The van der Waals surface area contributed by atoms with E-state index < -0.39 is 8.80 Å². The highest BCUT2D eigenvalue weighted by atomic mass is 28.4. The molecule has 6 heteroatoms. The molecule has 124 valence electrons. The molecule has 1 amide bonds. The van der Waals surface area contributed by atoms with E-state index in [0.717, 1.165) is 0 Å². The van der Waals surface area contributed by atoms with Gasteiger partial charge in [-0.2, -0.15) is 0 Å². The minimum atomic E-state index is -2.83. The van der Waals surface area contributed by atoms with Gasteiger partial charge in [-0.25, -0.2) is 0 Å². The van der Waals surface area contributed by atoms with Crippen LogP contribution in [0.15, 0.2) is 12.2 Å². The van der Waals surface area contributed by atoms with Crippen LogP contribution in [0.4, 0.5) is 0 Å². The third-order valence-electron chi connectivity index (χ3n) is 2.35. The van der Waals surface area contributed by atoms with Crippen molar-refractivity contribution in [3.8, 4) is 0 Å². The maximum atomic E-state index is 11.6. The van der Waals surface area contributed by atoms with Crippen LogP contribution in [0.25, 0.3) is 0 Å². The number of amides is 1. The molecule has 0 fully saturated rings. The summed E-state index contributed by atoms with van der Waals surface area (Å²) in [5.41, 5.74) is 0.488. The van der Waals surface area contributed by atoms with Crippen LogP contribution in [0, 0.1) is 0 Å². The summed E-state index contributed by atoms with van der Waals surface area (Å²) in [6.45, 7) is 17.5. The van der Waals surface area contributed by atoms with Crippen molar-refractivity contribution in [1.29, 1.82) is 0 Å². The van der Waals surface area contributed by atoms with Gasteiger partial charge in [0.05, 0.1) is 0 Å². The Bertz CT molecular complexity index is 316. The van der Waals surface area contributed by atoms with Crippen LogP contribution in [0.2, 0.25) is 6.04 Å². The summed E-state index contributed by atoms with van der Waals surface area (Å²) in [7, 11) is -2.83. The van der Waals surface area contributed by atoms with Crippen molar-refractivity contribution in [2.45, 2.75) is 72.8 Å². The van der Waals surface area contributed by atoms with Crippen molar-refractivity contribution < 1.29 is 18.1 Å². The van der Waals surface area contributed by atoms with E-state index in [0.29, 0.717) is 18.2 Å². The van der Waals surface area contributed by atoms with Crippen molar-refractivity contribution >= 4 is 14.7 Å². The van der Waals surface area contributed by atoms with E-state index in [4.69, 9.17) is 13.3 Å². The molecule has 0 unspecified atom stereocenters. The Labute approximate surface area is 130 Å². The first-order valence-corrected chi connectivity index (χ1v) is 9.48. The van der Waals surface area contributed by atoms with Gasteiger partial charge in [0.25, 0.3) is 0 Å². The predicted octanol–water partition coefficient (Wildman–Crippen LogP) is 2.89. The molecule has 0 heterocycles. The van der Waals surface area contributed by atoms with Crippen molar-refractivity contribution in [3.05, 3.63) is 12.2 Å². The third kappa shape index (κ3) is 9.03. The van der Waals surface area contributed by atoms with E-state index >= 15 is 0 Å². The van der Waals surface area contributed by atoms with Crippen LogP contribution in [0.1, 0.15) is 48.5 Å². The van der Waals surface area contributed by atoms with Crippen LogP contribution in [-0.4, -0.2) is 39.6 Å². The molecular formula is C15H31NO4Si. The van der Waals surface area contributed by atoms with E-state index in [1.807, 2.05) is 41.5 Å². The Morgan fingerprint density at radius 3 is 1.67 bits per heavy atom. The van der Waals surface area contributed by atoms with Crippen LogP contribution in [0.3, 0.4) is 0 Å². The molecule has 0 atom stereocenters. The van der Waals surface area contributed by atoms with Gasteiger partial charge in [0, 0.05) is 36.5 Å². The van der Waals surface area contributed by atoms with Crippen molar-refractivity contribution in [2.75, 3.05) is 6.54 Å². The fourth-order valence-corrected chi connectivity index (χ4v) is 4.92. The standard InChI is InChI=1S/C15H31NO4Si/c1-11(2)15(17)16-9-10-21(18-12(3)4,19-13(5)6)20-14(7)8/h12-14H,1,9-10H2,2-8H3,(H,16,17). The summed E-state index contributed by atoms with van der Waals surface area (Å²) < 4.78 is 18.1. The third-order valence-corrected chi connectivity index (χ3v) is 5.70. The molecule has 1 N–H and O–H groups in total. The lowest BCUT2D eigenvalue weighted by molar-refractivity contribution is -0.117.